The highest BCUT2D eigenvalue weighted by atomic mass is 79.9. The minimum absolute atomic E-state index is 0.454. The van der Waals surface area contributed by atoms with E-state index in [1.165, 1.54) is 12.0 Å². The monoisotopic (exact) mass is 267 g/mol. The lowest BCUT2D eigenvalue weighted by atomic mass is 10.1. The standard InChI is InChI=1S/C13H18BrN/c1-9-6-12(9)8-15-10(2)11-4-3-5-13(14)7-11/h3-5,7,9-10,12,15H,6,8H2,1-2H3. The Bertz CT molecular complexity index is 337. The van der Waals surface area contributed by atoms with E-state index in [4.69, 9.17) is 0 Å². The van der Waals surface area contributed by atoms with Crippen molar-refractivity contribution in [2.24, 2.45) is 11.8 Å². The average molecular weight is 268 g/mol. The molecule has 1 saturated carbocycles. The van der Waals surface area contributed by atoms with Crippen LogP contribution in [0.15, 0.2) is 28.7 Å². The van der Waals surface area contributed by atoms with Crippen LogP contribution in [0.4, 0.5) is 0 Å². The van der Waals surface area contributed by atoms with Gasteiger partial charge in [0.05, 0.1) is 0 Å². The molecule has 1 aromatic carbocycles. The molecule has 3 unspecified atom stereocenters. The third-order valence-electron chi connectivity index (χ3n) is 3.31. The van der Waals surface area contributed by atoms with E-state index in [-0.39, 0.29) is 0 Å². The van der Waals surface area contributed by atoms with Crippen LogP contribution in [0.5, 0.6) is 0 Å². The van der Waals surface area contributed by atoms with Crippen LogP contribution < -0.4 is 5.32 Å². The van der Waals surface area contributed by atoms with Gasteiger partial charge < -0.3 is 5.32 Å². The number of nitrogens with one attached hydrogen (secondary N) is 1. The van der Waals surface area contributed by atoms with Gasteiger partial charge in [0.2, 0.25) is 0 Å². The van der Waals surface area contributed by atoms with Crippen molar-refractivity contribution < 1.29 is 0 Å². The molecule has 82 valence electrons. The Balaban J connectivity index is 1.87. The topological polar surface area (TPSA) is 12.0 Å². The maximum absolute atomic E-state index is 3.60. The van der Waals surface area contributed by atoms with E-state index >= 15 is 0 Å². The summed E-state index contributed by atoms with van der Waals surface area (Å²) in [5.41, 5.74) is 1.36. The molecular weight excluding hydrogens is 250 g/mol. The minimum Gasteiger partial charge on any atom is -0.310 e. The summed E-state index contributed by atoms with van der Waals surface area (Å²) in [5, 5.41) is 3.60. The van der Waals surface area contributed by atoms with Crippen molar-refractivity contribution in [2.45, 2.75) is 26.3 Å². The lowest BCUT2D eigenvalue weighted by Crippen LogP contribution is -2.21. The average Bonchev–Trinajstić information content (AvgIpc) is 2.91. The zero-order valence-corrected chi connectivity index (χ0v) is 10.9. The van der Waals surface area contributed by atoms with Crippen LogP contribution in [0.3, 0.4) is 0 Å². The molecule has 15 heavy (non-hydrogen) atoms. The maximum atomic E-state index is 3.60. The van der Waals surface area contributed by atoms with Crippen molar-refractivity contribution in [2.75, 3.05) is 6.54 Å². The number of halogens is 1. The van der Waals surface area contributed by atoms with Gasteiger partial charge in [0.15, 0.2) is 0 Å². The Morgan fingerprint density at radius 3 is 2.87 bits per heavy atom. The molecule has 0 heterocycles. The predicted octanol–water partition coefficient (Wildman–Crippen LogP) is 3.76. The zero-order chi connectivity index (χ0) is 10.8. The first-order valence-corrected chi connectivity index (χ1v) is 6.45. The third kappa shape index (κ3) is 3.05. The molecule has 2 rings (SSSR count). The number of rotatable bonds is 4. The molecule has 1 nitrogen and oxygen atoms in total. The van der Waals surface area contributed by atoms with Crippen molar-refractivity contribution >= 4 is 15.9 Å². The number of hydrogen-bond acceptors (Lipinski definition) is 1. The van der Waals surface area contributed by atoms with Gasteiger partial charge in [-0.15, -0.1) is 0 Å². The van der Waals surface area contributed by atoms with Gasteiger partial charge in [0.25, 0.3) is 0 Å². The summed E-state index contributed by atoms with van der Waals surface area (Å²) in [6.07, 6.45) is 1.40. The molecule has 1 N–H and O–H groups in total. The van der Waals surface area contributed by atoms with Crippen LogP contribution in [0.2, 0.25) is 0 Å². The fourth-order valence-corrected chi connectivity index (χ4v) is 2.32. The second kappa shape index (κ2) is 4.67. The lowest BCUT2D eigenvalue weighted by Gasteiger charge is -2.14. The first-order valence-electron chi connectivity index (χ1n) is 5.65. The molecule has 0 saturated heterocycles. The van der Waals surface area contributed by atoms with Gasteiger partial charge in [-0.3, -0.25) is 0 Å². The van der Waals surface area contributed by atoms with Gasteiger partial charge in [-0.05, 0) is 49.4 Å². The lowest BCUT2D eigenvalue weighted by molar-refractivity contribution is 0.535. The molecule has 0 aromatic heterocycles. The Labute approximate surface area is 100 Å². The molecule has 0 aliphatic heterocycles. The largest absolute Gasteiger partial charge is 0.310 e. The van der Waals surface area contributed by atoms with Crippen molar-refractivity contribution in [3.05, 3.63) is 34.3 Å². The smallest absolute Gasteiger partial charge is 0.0292 e. The van der Waals surface area contributed by atoms with Crippen LogP contribution in [0.1, 0.15) is 31.9 Å². The van der Waals surface area contributed by atoms with E-state index in [2.05, 4.69) is 59.4 Å². The molecule has 2 heteroatoms. The highest BCUT2D eigenvalue weighted by molar-refractivity contribution is 9.10. The van der Waals surface area contributed by atoms with Crippen LogP contribution in [0, 0.1) is 11.8 Å². The first-order chi connectivity index (χ1) is 7.16. The number of hydrogen-bond donors (Lipinski definition) is 1. The summed E-state index contributed by atoms with van der Waals surface area (Å²) in [6.45, 7) is 5.72. The Morgan fingerprint density at radius 2 is 2.27 bits per heavy atom. The SMILES string of the molecule is CC(NCC1CC1C)c1cccc(Br)c1. The van der Waals surface area contributed by atoms with Gasteiger partial charge in [-0.1, -0.05) is 35.0 Å². The summed E-state index contributed by atoms with van der Waals surface area (Å²) < 4.78 is 1.16. The second-order valence-corrected chi connectivity index (χ2v) is 5.57. The van der Waals surface area contributed by atoms with Crippen LogP contribution in [-0.2, 0) is 0 Å². The van der Waals surface area contributed by atoms with E-state index in [1.54, 1.807) is 0 Å². The summed E-state index contributed by atoms with van der Waals surface area (Å²) in [5.74, 6) is 1.85. The molecule has 1 aliphatic carbocycles. The predicted molar refractivity (Wildman–Crippen MR) is 67.8 cm³/mol. The quantitative estimate of drug-likeness (QED) is 0.876. The van der Waals surface area contributed by atoms with Gasteiger partial charge in [0, 0.05) is 10.5 Å². The molecule has 0 bridgehead atoms. The van der Waals surface area contributed by atoms with E-state index < -0.39 is 0 Å². The van der Waals surface area contributed by atoms with E-state index in [9.17, 15) is 0 Å². The summed E-state index contributed by atoms with van der Waals surface area (Å²) >= 11 is 3.50. The van der Waals surface area contributed by atoms with Gasteiger partial charge in [0.1, 0.15) is 0 Å². The van der Waals surface area contributed by atoms with E-state index in [0.717, 1.165) is 22.9 Å². The van der Waals surface area contributed by atoms with Crippen molar-refractivity contribution in [1.82, 2.24) is 5.32 Å². The van der Waals surface area contributed by atoms with Gasteiger partial charge in [-0.2, -0.15) is 0 Å². The highest BCUT2D eigenvalue weighted by Crippen LogP contribution is 2.37. The van der Waals surface area contributed by atoms with Crippen LogP contribution in [0.25, 0.3) is 0 Å². The Kier molecular flexibility index (Phi) is 3.47. The van der Waals surface area contributed by atoms with Gasteiger partial charge in [-0.25, -0.2) is 0 Å². The molecule has 0 radical (unpaired) electrons. The zero-order valence-electron chi connectivity index (χ0n) is 9.33. The van der Waals surface area contributed by atoms with Crippen molar-refractivity contribution in [3.63, 3.8) is 0 Å². The molecule has 1 fully saturated rings. The molecule has 0 spiro atoms. The third-order valence-corrected chi connectivity index (χ3v) is 3.80. The van der Waals surface area contributed by atoms with Crippen LogP contribution >= 0.6 is 15.9 Å². The first kappa shape index (κ1) is 11.2. The Morgan fingerprint density at radius 1 is 1.53 bits per heavy atom. The van der Waals surface area contributed by atoms with E-state index in [1.807, 2.05) is 0 Å². The van der Waals surface area contributed by atoms with Crippen LogP contribution in [-0.4, -0.2) is 6.54 Å². The maximum Gasteiger partial charge on any atom is 0.0292 e. The fourth-order valence-electron chi connectivity index (χ4n) is 1.91. The van der Waals surface area contributed by atoms with Crippen molar-refractivity contribution in [1.29, 1.82) is 0 Å². The Hall–Kier alpha value is -0.340. The molecule has 1 aliphatic rings. The van der Waals surface area contributed by atoms with E-state index in [0.29, 0.717) is 6.04 Å². The minimum atomic E-state index is 0.454. The fraction of sp³-hybridized carbons (Fsp3) is 0.538. The molecule has 3 atom stereocenters. The number of benzene rings is 1. The summed E-state index contributed by atoms with van der Waals surface area (Å²) in [6, 6.07) is 8.99. The summed E-state index contributed by atoms with van der Waals surface area (Å²) in [4.78, 5) is 0. The summed E-state index contributed by atoms with van der Waals surface area (Å²) in [7, 11) is 0. The molecule has 0 amide bonds. The molecule has 1 aromatic rings. The molecular formula is C13H18BrN. The van der Waals surface area contributed by atoms with Crippen molar-refractivity contribution in [3.8, 4) is 0 Å². The highest BCUT2D eigenvalue weighted by Gasteiger charge is 2.32. The normalized spacial score (nSPS) is 26.3. The van der Waals surface area contributed by atoms with Gasteiger partial charge >= 0.3 is 0 Å². The second-order valence-electron chi connectivity index (χ2n) is 4.66.